The van der Waals surface area contributed by atoms with E-state index >= 15 is 0 Å². The highest BCUT2D eigenvalue weighted by molar-refractivity contribution is 8.00. The molecular formula is C19H25N5O2S. The molecule has 144 valence electrons. The van der Waals surface area contributed by atoms with Crippen LogP contribution in [0.15, 0.2) is 36.0 Å². The van der Waals surface area contributed by atoms with Gasteiger partial charge in [-0.2, -0.15) is 0 Å². The van der Waals surface area contributed by atoms with E-state index in [0.29, 0.717) is 11.7 Å². The van der Waals surface area contributed by atoms with Crippen molar-refractivity contribution in [2.24, 2.45) is 0 Å². The first-order valence-electron chi connectivity index (χ1n) is 8.64. The maximum Gasteiger partial charge on any atom is 0.243 e. The number of carbonyl (C=O) groups is 2. The van der Waals surface area contributed by atoms with Gasteiger partial charge >= 0.3 is 0 Å². The van der Waals surface area contributed by atoms with Gasteiger partial charge in [-0.15, -0.1) is 16.8 Å². The first-order chi connectivity index (χ1) is 12.8. The Morgan fingerprint density at radius 2 is 1.93 bits per heavy atom. The van der Waals surface area contributed by atoms with Gasteiger partial charge in [0.2, 0.25) is 11.8 Å². The predicted octanol–water partition coefficient (Wildman–Crippen LogP) is 2.62. The lowest BCUT2D eigenvalue weighted by atomic mass is 10.1. The van der Waals surface area contributed by atoms with E-state index in [9.17, 15) is 9.59 Å². The quantitative estimate of drug-likeness (QED) is 0.537. The smallest absolute Gasteiger partial charge is 0.243 e. The molecule has 1 aromatic carbocycles. The summed E-state index contributed by atoms with van der Waals surface area (Å²) in [4.78, 5) is 24.5. The number of nitrogens with one attached hydrogen (secondary N) is 2. The van der Waals surface area contributed by atoms with Crippen molar-refractivity contribution in [3.05, 3.63) is 47.8 Å². The minimum Gasteiger partial charge on any atom is -0.346 e. The Morgan fingerprint density at radius 1 is 1.26 bits per heavy atom. The molecule has 1 heterocycles. The van der Waals surface area contributed by atoms with Crippen LogP contribution in [-0.2, 0) is 16.1 Å². The molecule has 0 radical (unpaired) electrons. The molecule has 0 unspecified atom stereocenters. The summed E-state index contributed by atoms with van der Waals surface area (Å²) in [6, 6.07) is 5.80. The fourth-order valence-corrected chi connectivity index (χ4v) is 3.43. The van der Waals surface area contributed by atoms with Gasteiger partial charge in [-0.25, -0.2) is 0 Å². The topological polar surface area (TPSA) is 88.9 Å². The summed E-state index contributed by atoms with van der Waals surface area (Å²) < 4.78 is 1.88. The van der Waals surface area contributed by atoms with Crippen molar-refractivity contribution in [2.75, 3.05) is 11.9 Å². The molecular weight excluding hydrogens is 362 g/mol. The average Bonchev–Trinajstić information content (AvgIpc) is 2.96. The van der Waals surface area contributed by atoms with Gasteiger partial charge in [0.1, 0.15) is 5.82 Å². The molecule has 0 bridgehead atoms. The van der Waals surface area contributed by atoms with Crippen molar-refractivity contribution in [1.82, 2.24) is 20.1 Å². The van der Waals surface area contributed by atoms with E-state index in [1.54, 1.807) is 13.0 Å². The van der Waals surface area contributed by atoms with E-state index in [-0.39, 0.29) is 18.4 Å². The second-order valence-corrected chi connectivity index (χ2v) is 7.53. The standard InChI is InChI=1S/C19H25N5O2S/c1-6-10-24-15(5)22-23-19(24)27-14(4)18(26)20-11-16(25)21-17-12(2)8-7-9-13(17)3/h6-9,14H,1,10-11H2,2-5H3,(H,20,26)(H,21,25)/t14-/m0/s1. The zero-order valence-corrected chi connectivity index (χ0v) is 16.9. The second kappa shape index (κ2) is 9.36. The third kappa shape index (κ3) is 5.43. The molecule has 1 aromatic heterocycles. The monoisotopic (exact) mass is 387 g/mol. The summed E-state index contributed by atoms with van der Waals surface area (Å²) in [5.74, 6) is 0.268. The molecule has 0 aliphatic heterocycles. The number of carbonyl (C=O) groups excluding carboxylic acids is 2. The highest BCUT2D eigenvalue weighted by atomic mass is 32.2. The van der Waals surface area contributed by atoms with Crippen LogP contribution >= 0.6 is 11.8 Å². The second-order valence-electron chi connectivity index (χ2n) is 6.22. The van der Waals surface area contributed by atoms with Crippen LogP contribution in [0.1, 0.15) is 23.9 Å². The van der Waals surface area contributed by atoms with Gasteiger partial charge in [-0.1, -0.05) is 36.0 Å². The molecule has 0 saturated heterocycles. The Kier molecular flexibility index (Phi) is 7.18. The van der Waals surface area contributed by atoms with E-state index < -0.39 is 5.25 Å². The van der Waals surface area contributed by atoms with Crippen LogP contribution in [0.25, 0.3) is 0 Å². The molecule has 7 nitrogen and oxygen atoms in total. The molecule has 2 amide bonds. The van der Waals surface area contributed by atoms with E-state index in [0.717, 1.165) is 22.6 Å². The first-order valence-corrected chi connectivity index (χ1v) is 9.52. The van der Waals surface area contributed by atoms with Gasteiger partial charge in [-0.3, -0.25) is 9.59 Å². The Hall–Kier alpha value is -2.61. The molecule has 2 N–H and O–H groups in total. The molecule has 0 fully saturated rings. The van der Waals surface area contributed by atoms with Crippen molar-refractivity contribution in [1.29, 1.82) is 0 Å². The molecule has 1 atom stereocenters. The Morgan fingerprint density at radius 3 is 2.56 bits per heavy atom. The van der Waals surface area contributed by atoms with Gasteiger partial charge in [0.05, 0.1) is 11.8 Å². The lowest BCUT2D eigenvalue weighted by molar-refractivity contribution is -0.123. The number of thioether (sulfide) groups is 1. The minimum absolute atomic E-state index is 0.0874. The van der Waals surface area contributed by atoms with E-state index in [2.05, 4.69) is 27.4 Å². The molecule has 27 heavy (non-hydrogen) atoms. The summed E-state index contributed by atoms with van der Waals surface area (Å²) in [5, 5.41) is 13.9. The molecule has 2 aromatic rings. The summed E-state index contributed by atoms with van der Waals surface area (Å²) in [6.45, 7) is 11.7. The number of benzene rings is 1. The summed E-state index contributed by atoms with van der Waals surface area (Å²) >= 11 is 1.30. The number of hydrogen-bond donors (Lipinski definition) is 2. The molecule has 0 aliphatic rings. The van der Waals surface area contributed by atoms with Crippen LogP contribution in [0, 0.1) is 20.8 Å². The number of aromatic nitrogens is 3. The number of anilines is 1. The number of amides is 2. The number of nitrogens with zero attached hydrogens (tertiary/aromatic N) is 3. The predicted molar refractivity (Wildman–Crippen MR) is 108 cm³/mol. The van der Waals surface area contributed by atoms with Crippen LogP contribution in [0.5, 0.6) is 0 Å². The largest absolute Gasteiger partial charge is 0.346 e. The molecule has 0 aliphatic carbocycles. The lowest BCUT2D eigenvalue weighted by Gasteiger charge is -2.14. The highest BCUT2D eigenvalue weighted by Gasteiger charge is 2.19. The van der Waals surface area contributed by atoms with Crippen LogP contribution in [-0.4, -0.2) is 38.4 Å². The number of allylic oxidation sites excluding steroid dienone is 1. The van der Waals surface area contributed by atoms with Crippen LogP contribution in [0.3, 0.4) is 0 Å². The molecule has 0 saturated carbocycles. The third-order valence-electron chi connectivity index (χ3n) is 4.03. The summed E-state index contributed by atoms with van der Waals surface area (Å²) in [6.07, 6.45) is 1.75. The number of aryl methyl sites for hydroxylation is 3. The van der Waals surface area contributed by atoms with E-state index in [4.69, 9.17) is 0 Å². The maximum atomic E-state index is 12.3. The minimum atomic E-state index is -0.412. The van der Waals surface area contributed by atoms with E-state index in [1.807, 2.05) is 43.5 Å². The Balaban J connectivity index is 1.89. The zero-order chi connectivity index (χ0) is 20.0. The van der Waals surface area contributed by atoms with Crippen LogP contribution in [0.4, 0.5) is 5.69 Å². The fourth-order valence-electron chi connectivity index (χ4n) is 2.51. The average molecular weight is 388 g/mol. The SMILES string of the molecule is C=CCn1c(C)nnc1S[C@@H](C)C(=O)NCC(=O)Nc1c(C)cccc1C. The maximum absolute atomic E-state index is 12.3. The van der Waals surface area contributed by atoms with Crippen molar-refractivity contribution >= 4 is 29.3 Å². The first kappa shape index (κ1) is 20.7. The van der Waals surface area contributed by atoms with Crippen molar-refractivity contribution in [3.63, 3.8) is 0 Å². The van der Waals surface area contributed by atoms with Gasteiger partial charge in [0, 0.05) is 12.2 Å². The van der Waals surface area contributed by atoms with E-state index in [1.165, 1.54) is 11.8 Å². The highest BCUT2D eigenvalue weighted by Crippen LogP contribution is 2.22. The van der Waals surface area contributed by atoms with Gasteiger partial charge in [0.25, 0.3) is 0 Å². The fraction of sp³-hybridized carbons (Fsp3) is 0.368. The third-order valence-corrected chi connectivity index (χ3v) is 5.11. The number of para-hydroxylation sites is 1. The Labute approximate surface area is 163 Å². The normalized spacial score (nSPS) is 11.7. The molecule has 8 heteroatoms. The Bertz CT molecular complexity index is 826. The van der Waals surface area contributed by atoms with Gasteiger partial charge < -0.3 is 15.2 Å². The number of hydrogen-bond acceptors (Lipinski definition) is 5. The van der Waals surface area contributed by atoms with Crippen molar-refractivity contribution < 1.29 is 9.59 Å². The molecule has 2 rings (SSSR count). The lowest BCUT2D eigenvalue weighted by Crippen LogP contribution is -2.37. The zero-order valence-electron chi connectivity index (χ0n) is 16.1. The van der Waals surface area contributed by atoms with Gasteiger partial charge in [0.15, 0.2) is 5.16 Å². The summed E-state index contributed by atoms with van der Waals surface area (Å²) in [5.41, 5.74) is 2.75. The molecule has 0 spiro atoms. The van der Waals surface area contributed by atoms with Gasteiger partial charge in [-0.05, 0) is 38.8 Å². The van der Waals surface area contributed by atoms with Crippen molar-refractivity contribution in [3.8, 4) is 0 Å². The van der Waals surface area contributed by atoms with Crippen molar-refractivity contribution in [2.45, 2.75) is 44.6 Å². The number of rotatable bonds is 8. The van der Waals surface area contributed by atoms with Crippen LogP contribution in [0.2, 0.25) is 0 Å². The van der Waals surface area contributed by atoms with Crippen LogP contribution < -0.4 is 10.6 Å². The summed E-state index contributed by atoms with van der Waals surface area (Å²) in [7, 11) is 0.